The second-order valence-electron chi connectivity index (χ2n) is 6.02. The number of rotatable bonds is 9. The summed E-state index contributed by atoms with van der Waals surface area (Å²) in [6.45, 7) is 12.3. The highest BCUT2D eigenvalue weighted by Gasteiger charge is 2.33. The Bertz CT molecular complexity index is 183. The molecule has 0 saturated carbocycles. The van der Waals surface area contributed by atoms with Crippen molar-refractivity contribution in [3.63, 3.8) is 0 Å². The summed E-state index contributed by atoms with van der Waals surface area (Å²) < 4.78 is 0. The molecule has 1 unspecified atom stereocenters. The number of nitrogens with zero attached hydrogens (tertiary/aromatic N) is 1. The zero-order valence-electron chi connectivity index (χ0n) is 12.9. The average molecular weight is 242 g/mol. The van der Waals surface area contributed by atoms with Crippen molar-refractivity contribution in [1.29, 1.82) is 0 Å². The molecule has 0 bridgehead atoms. The van der Waals surface area contributed by atoms with Gasteiger partial charge in [-0.2, -0.15) is 0 Å². The minimum Gasteiger partial charge on any atom is -0.329 e. The number of likely N-dealkylation sites (N-methyl/N-ethyl adjacent to an activating group) is 1. The van der Waals surface area contributed by atoms with Crippen molar-refractivity contribution in [2.24, 2.45) is 11.7 Å². The van der Waals surface area contributed by atoms with Crippen LogP contribution >= 0.6 is 0 Å². The van der Waals surface area contributed by atoms with Crippen LogP contribution < -0.4 is 5.73 Å². The summed E-state index contributed by atoms with van der Waals surface area (Å²) >= 11 is 0. The lowest BCUT2D eigenvalue weighted by Gasteiger charge is -2.45. The molecule has 0 aromatic heterocycles. The molecule has 0 heterocycles. The molecule has 17 heavy (non-hydrogen) atoms. The van der Waals surface area contributed by atoms with E-state index in [1.807, 2.05) is 0 Å². The van der Waals surface area contributed by atoms with E-state index in [0.717, 1.165) is 12.5 Å². The first-order chi connectivity index (χ1) is 7.93. The van der Waals surface area contributed by atoms with E-state index in [-0.39, 0.29) is 5.54 Å². The summed E-state index contributed by atoms with van der Waals surface area (Å²) in [6.07, 6.45) is 6.13. The van der Waals surface area contributed by atoms with Crippen LogP contribution in [0.15, 0.2) is 0 Å². The SMILES string of the molecule is CCCC(CN)(CCC)N(C)C(C)CC(C)C. The van der Waals surface area contributed by atoms with Crippen LogP contribution in [0.5, 0.6) is 0 Å². The van der Waals surface area contributed by atoms with Crippen molar-refractivity contribution in [1.82, 2.24) is 4.90 Å². The summed E-state index contributed by atoms with van der Waals surface area (Å²) in [7, 11) is 2.27. The van der Waals surface area contributed by atoms with Crippen molar-refractivity contribution in [2.75, 3.05) is 13.6 Å². The maximum absolute atomic E-state index is 6.11. The fourth-order valence-corrected chi connectivity index (χ4v) is 3.06. The molecule has 2 nitrogen and oxygen atoms in total. The normalized spacial score (nSPS) is 14.6. The Kier molecular flexibility index (Phi) is 8.06. The Morgan fingerprint density at radius 1 is 1.06 bits per heavy atom. The zero-order chi connectivity index (χ0) is 13.5. The average Bonchev–Trinajstić information content (AvgIpc) is 2.26. The minimum atomic E-state index is 0.220. The lowest BCUT2D eigenvalue weighted by Crippen LogP contribution is -2.55. The van der Waals surface area contributed by atoms with Crippen LogP contribution in [0.3, 0.4) is 0 Å². The predicted octanol–water partition coefficient (Wildman–Crippen LogP) is 3.65. The van der Waals surface area contributed by atoms with E-state index < -0.39 is 0 Å². The van der Waals surface area contributed by atoms with Gasteiger partial charge in [0.05, 0.1) is 0 Å². The van der Waals surface area contributed by atoms with Crippen molar-refractivity contribution in [3.8, 4) is 0 Å². The molecule has 1 atom stereocenters. The molecule has 0 aliphatic rings. The highest BCUT2D eigenvalue weighted by molar-refractivity contribution is 4.92. The summed E-state index contributed by atoms with van der Waals surface area (Å²) in [4.78, 5) is 2.56. The first kappa shape index (κ1) is 16.9. The van der Waals surface area contributed by atoms with Gasteiger partial charge in [0.25, 0.3) is 0 Å². The second kappa shape index (κ2) is 8.10. The van der Waals surface area contributed by atoms with E-state index in [1.54, 1.807) is 0 Å². The first-order valence-corrected chi connectivity index (χ1v) is 7.36. The number of hydrogen-bond acceptors (Lipinski definition) is 2. The van der Waals surface area contributed by atoms with Crippen LogP contribution in [0.1, 0.15) is 66.7 Å². The van der Waals surface area contributed by atoms with Crippen molar-refractivity contribution < 1.29 is 0 Å². The van der Waals surface area contributed by atoms with Gasteiger partial charge in [0.15, 0.2) is 0 Å². The van der Waals surface area contributed by atoms with Crippen molar-refractivity contribution >= 4 is 0 Å². The van der Waals surface area contributed by atoms with Gasteiger partial charge >= 0.3 is 0 Å². The van der Waals surface area contributed by atoms with Crippen molar-refractivity contribution in [2.45, 2.75) is 78.3 Å². The van der Waals surface area contributed by atoms with E-state index in [0.29, 0.717) is 6.04 Å². The predicted molar refractivity (Wildman–Crippen MR) is 78.3 cm³/mol. The third kappa shape index (κ3) is 4.97. The summed E-state index contributed by atoms with van der Waals surface area (Å²) in [5.74, 6) is 0.756. The molecule has 0 fully saturated rings. The molecule has 0 aromatic rings. The third-order valence-electron chi connectivity index (χ3n) is 4.03. The van der Waals surface area contributed by atoms with Crippen LogP contribution in [0.25, 0.3) is 0 Å². The van der Waals surface area contributed by atoms with E-state index in [9.17, 15) is 0 Å². The monoisotopic (exact) mass is 242 g/mol. The van der Waals surface area contributed by atoms with Gasteiger partial charge in [-0.3, -0.25) is 4.90 Å². The quantitative estimate of drug-likeness (QED) is 0.669. The topological polar surface area (TPSA) is 29.3 Å². The molecule has 0 amide bonds. The maximum Gasteiger partial charge on any atom is 0.0331 e. The Labute approximate surface area is 109 Å². The Balaban J connectivity index is 4.75. The largest absolute Gasteiger partial charge is 0.329 e. The fraction of sp³-hybridized carbons (Fsp3) is 1.00. The highest BCUT2D eigenvalue weighted by Crippen LogP contribution is 2.28. The van der Waals surface area contributed by atoms with Gasteiger partial charge in [-0.25, -0.2) is 0 Å². The Hall–Kier alpha value is -0.0800. The fourth-order valence-electron chi connectivity index (χ4n) is 3.06. The lowest BCUT2D eigenvalue weighted by molar-refractivity contribution is 0.0574. The summed E-state index contributed by atoms with van der Waals surface area (Å²) in [6, 6.07) is 0.622. The molecule has 2 heteroatoms. The van der Waals surface area contributed by atoms with E-state index in [1.165, 1.54) is 32.1 Å². The molecule has 0 aliphatic carbocycles. The van der Waals surface area contributed by atoms with Gasteiger partial charge in [-0.1, -0.05) is 40.5 Å². The van der Waals surface area contributed by atoms with Gasteiger partial charge in [0.1, 0.15) is 0 Å². The number of nitrogens with two attached hydrogens (primary N) is 1. The zero-order valence-corrected chi connectivity index (χ0v) is 12.9. The third-order valence-corrected chi connectivity index (χ3v) is 4.03. The minimum absolute atomic E-state index is 0.220. The van der Waals surface area contributed by atoms with Crippen LogP contribution in [0, 0.1) is 5.92 Å². The molecule has 0 rings (SSSR count). The van der Waals surface area contributed by atoms with Crippen LogP contribution in [0.2, 0.25) is 0 Å². The number of hydrogen-bond donors (Lipinski definition) is 1. The Morgan fingerprint density at radius 2 is 1.53 bits per heavy atom. The summed E-state index contributed by atoms with van der Waals surface area (Å²) in [5, 5.41) is 0. The maximum atomic E-state index is 6.11. The van der Waals surface area contributed by atoms with Crippen LogP contribution in [-0.2, 0) is 0 Å². The van der Waals surface area contributed by atoms with Gasteiger partial charge in [-0.05, 0) is 39.2 Å². The van der Waals surface area contributed by atoms with E-state index >= 15 is 0 Å². The van der Waals surface area contributed by atoms with Crippen molar-refractivity contribution in [3.05, 3.63) is 0 Å². The molecular weight excluding hydrogens is 208 g/mol. The smallest absolute Gasteiger partial charge is 0.0331 e. The second-order valence-corrected chi connectivity index (χ2v) is 6.02. The molecule has 0 saturated heterocycles. The lowest BCUT2D eigenvalue weighted by atomic mass is 9.85. The molecule has 0 radical (unpaired) electrons. The van der Waals surface area contributed by atoms with Crippen LogP contribution in [-0.4, -0.2) is 30.1 Å². The first-order valence-electron chi connectivity index (χ1n) is 7.36. The molecule has 2 N–H and O–H groups in total. The molecule has 104 valence electrons. The molecule has 0 aliphatic heterocycles. The van der Waals surface area contributed by atoms with Gasteiger partial charge in [0.2, 0.25) is 0 Å². The van der Waals surface area contributed by atoms with E-state index in [2.05, 4.69) is 46.6 Å². The molecular formula is C15H34N2. The highest BCUT2D eigenvalue weighted by atomic mass is 15.2. The Morgan fingerprint density at radius 3 is 1.82 bits per heavy atom. The van der Waals surface area contributed by atoms with Gasteiger partial charge in [0, 0.05) is 18.1 Å². The van der Waals surface area contributed by atoms with E-state index in [4.69, 9.17) is 5.73 Å². The van der Waals surface area contributed by atoms with Gasteiger partial charge in [-0.15, -0.1) is 0 Å². The molecule has 0 aromatic carbocycles. The molecule has 0 spiro atoms. The van der Waals surface area contributed by atoms with Gasteiger partial charge < -0.3 is 5.73 Å². The standard InChI is InChI=1S/C15H34N2/c1-7-9-15(12-16,10-8-2)17(6)14(5)11-13(3)4/h13-14H,7-12,16H2,1-6H3. The summed E-state index contributed by atoms with van der Waals surface area (Å²) in [5.41, 5.74) is 6.33. The van der Waals surface area contributed by atoms with Crippen LogP contribution in [0.4, 0.5) is 0 Å².